The summed E-state index contributed by atoms with van der Waals surface area (Å²) in [6.45, 7) is 5.82. The Kier molecular flexibility index (Phi) is 3.28. The first-order valence-corrected chi connectivity index (χ1v) is 4.83. The van der Waals surface area contributed by atoms with Crippen molar-refractivity contribution in [2.45, 2.75) is 32.8 Å². The first kappa shape index (κ1) is 10.8. The van der Waals surface area contributed by atoms with Crippen LogP contribution in [0.4, 0.5) is 0 Å². The third-order valence-electron chi connectivity index (χ3n) is 2.23. The summed E-state index contributed by atoms with van der Waals surface area (Å²) in [4.78, 5) is 11.6. The summed E-state index contributed by atoms with van der Waals surface area (Å²) in [5.74, 6) is -0.252. The van der Waals surface area contributed by atoms with Gasteiger partial charge in [0.2, 0.25) is 0 Å². The van der Waals surface area contributed by atoms with Crippen molar-refractivity contribution < 1.29 is 9.53 Å². The van der Waals surface area contributed by atoms with Crippen molar-refractivity contribution in [3.63, 3.8) is 0 Å². The largest absolute Gasteiger partial charge is 0.456 e. The van der Waals surface area contributed by atoms with E-state index in [1.165, 1.54) is 0 Å². The molecule has 0 aliphatic carbocycles. The number of hydrogen-bond donors (Lipinski definition) is 0. The molecular weight excluding hydrogens is 176 g/mol. The molecule has 2 heteroatoms. The number of rotatable bonds is 3. The predicted molar refractivity (Wildman–Crippen MR) is 56.2 cm³/mol. The van der Waals surface area contributed by atoms with E-state index in [0.717, 1.165) is 6.42 Å². The molecule has 0 saturated carbocycles. The molecule has 0 heterocycles. The molecule has 0 aliphatic rings. The van der Waals surface area contributed by atoms with Crippen LogP contribution in [-0.4, -0.2) is 11.6 Å². The van der Waals surface area contributed by atoms with Crippen LogP contribution in [0.15, 0.2) is 30.3 Å². The summed E-state index contributed by atoms with van der Waals surface area (Å²) in [7, 11) is 0. The Morgan fingerprint density at radius 2 is 1.86 bits per heavy atom. The van der Waals surface area contributed by atoms with Gasteiger partial charge in [0.15, 0.2) is 0 Å². The van der Waals surface area contributed by atoms with Gasteiger partial charge >= 0.3 is 5.97 Å². The number of ether oxygens (including phenoxy) is 1. The first-order chi connectivity index (χ1) is 6.55. The van der Waals surface area contributed by atoms with E-state index in [9.17, 15) is 4.79 Å². The minimum Gasteiger partial charge on any atom is -0.456 e. The summed E-state index contributed by atoms with van der Waals surface area (Å²) in [6.07, 6.45) is 0.811. The summed E-state index contributed by atoms with van der Waals surface area (Å²) in [5, 5.41) is 0. The topological polar surface area (TPSA) is 26.3 Å². The van der Waals surface area contributed by atoms with E-state index >= 15 is 0 Å². The van der Waals surface area contributed by atoms with Crippen LogP contribution in [-0.2, 0) is 4.74 Å². The van der Waals surface area contributed by atoms with Crippen LogP contribution in [0, 0.1) is 0 Å². The maximum Gasteiger partial charge on any atom is 0.338 e. The Bertz CT molecular complexity index is 301. The SMILES string of the molecule is CCC(C)(C)OC(=O)c1ccccc1. The van der Waals surface area contributed by atoms with Crippen molar-refractivity contribution in [1.29, 1.82) is 0 Å². The van der Waals surface area contributed by atoms with E-state index in [0.29, 0.717) is 5.56 Å². The highest BCUT2D eigenvalue weighted by Gasteiger charge is 2.20. The van der Waals surface area contributed by atoms with E-state index in [1.54, 1.807) is 12.1 Å². The molecule has 0 N–H and O–H groups in total. The van der Waals surface area contributed by atoms with Gasteiger partial charge in [-0.15, -0.1) is 0 Å². The highest BCUT2D eigenvalue weighted by atomic mass is 16.6. The van der Waals surface area contributed by atoms with E-state index in [1.807, 2.05) is 39.0 Å². The zero-order chi connectivity index (χ0) is 10.6. The average molecular weight is 192 g/mol. The predicted octanol–water partition coefficient (Wildman–Crippen LogP) is 3.03. The lowest BCUT2D eigenvalue weighted by Gasteiger charge is -2.23. The lowest BCUT2D eigenvalue weighted by Crippen LogP contribution is -2.26. The number of esters is 1. The zero-order valence-corrected chi connectivity index (χ0v) is 8.91. The van der Waals surface area contributed by atoms with E-state index < -0.39 is 0 Å². The van der Waals surface area contributed by atoms with Gasteiger partial charge in [0.1, 0.15) is 5.60 Å². The van der Waals surface area contributed by atoms with Gasteiger partial charge in [-0.1, -0.05) is 25.1 Å². The molecule has 0 aromatic heterocycles. The van der Waals surface area contributed by atoms with Crippen LogP contribution >= 0.6 is 0 Å². The van der Waals surface area contributed by atoms with Gasteiger partial charge in [0.05, 0.1) is 5.56 Å². The molecule has 0 saturated heterocycles. The molecule has 1 aromatic rings. The molecule has 0 atom stereocenters. The summed E-state index contributed by atoms with van der Waals surface area (Å²) >= 11 is 0. The van der Waals surface area contributed by atoms with Gasteiger partial charge in [-0.2, -0.15) is 0 Å². The molecule has 76 valence electrons. The van der Waals surface area contributed by atoms with Gasteiger partial charge in [-0.3, -0.25) is 0 Å². The van der Waals surface area contributed by atoms with Gasteiger partial charge in [-0.05, 0) is 32.4 Å². The third-order valence-corrected chi connectivity index (χ3v) is 2.23. The van der Waals surface area contributed by atoms with Gasteiger partial charge in [-0.25, -0.2) is 4.79 Å². The Morgan fingerprint density at radius 3 is 2.36 bits per heavy atom. The number of carbonyl (C=O) groups excluding carboxylic acids is 1. The van der Waals surface area contributed by atoms with Crippen molar-refractivity contribution in [1.82, 2.24) is 0 Å². The molecule has 0 radical (unpaired) electrons. The lowest BCUT2D eigenvalue weighted by atomic mass is 10.1. The van der Waals surface area contributed by atoms with E-state index in [2.05, 4.69) is 0 Å². The molecule has 14 heavy (non-hydrogen) atoms. The second-order valence-corrected chi connectivity index (χ2v) is 3.87. The van der Waals surface area contributed by atoms with Gasteiger partial charge in [0.25, 0.3) is 0 Å². The van der Waals surface area contributed by atoms with Crippen LogP contribution in [0.1, 0.15) is 37.6 Å². The quantitative estimate of drug-likeness (QED) is 0.688. The highest BCUT2D eigenvalue weighted by Crippen LogP contribution is 2.16. The summed E-state index contributed by atoms with van der Waals surface area (Å²) < 4.78 is 5.33. The fourth-order valence-electron chi connectivity index (χ4n) is 0.956. The van der Waals surface area contributed by atoms with Crippen LogP contribution in [0.25, 0.3) is 0 Å². The molecule has 0 aliphatic heterocycles. The fraction of sp³-hybridized carbons (Fsp3) is 0.417. The standard InChI is InChI=1S/C12H16O2/c1-4-12(2,3)14-11(13)10-8-6-5-7-9-10/h5-9H,4H2,1-3H3. The van der Waals surface area contributed by atoms with Crippen molar-refractivity contribution >= 4 is 5.97 Å². The Hall–Kier alpha value is -1.31. The molecule has 0 spiro atoms. The van der Waals surface area contributed by atoms with Crippen molar-refractivity contribution in [2.24, 2.45) is 0 Å². The molecular formula is C12H16O2. The molecule has 0 amide bonds. The number of hydrogen-bond acceptors (Lipinski definition) is 2. The smallest absolute Gasteiger partial charge is 0.338 e. The van der Waals surface area contributed by atoms with E-state index in [4.69, 9.17) is 4.74 Å². The van der Waals surface area contributed by atoms with Crippen molar-refractivity contribution in [3.8, 4) is 0 Å². The Balaban J connectivity index is 2.69. The van der Waals surface area contributed by atoms with Crippen LogP contribution in [0.3, 0.4) is 0 Å². The Labute approximate surface area is 84.9 Å². The number of carbonyl (C=O) groups is 1. The summed E-state index contributed by atoms with van der Waals surface area (Å²) in [6, 6.07) is 9.05. The minimum atomic E-state index is -0.382. The maximum absolute atomic E-state index is 11.6. The molecule has 1 aromatic carbocycles. The Morgan fingerprint density at radius 1 is 1.29 bits per heavy atom. The van der Waals surface area contributed by atoms with Crippen molar-refractivity contribution in [2.75, 3.05) is 0 Å². The minimum absolute atomic E-state index is 0.252. The molecule has 0 bridgehead atoms. The van der Waals surface area contributed by atoms with Gasteiger partial charge in [0, 0.05) is 0 Å². The summed E-state index contributed by atoms with van der Waals surface area (Å²) in [5.41, 5.74) is 0.224. The van der Waals surface area contributed by atoms with Crippen LogP contribution in [0.2, 0.25) is 0 Å². The highest BCUT2D eigenvalue weighted by molar-refractivity contribution is 5.89. The van der Waals surface area contributed by atoms with E-state index in [-0.39, 0.29) is 11.6 Å². The van der Waals surface area contributed by atoms with Crippen LogP contribution < -0.4 is 0 Å². The molecule has 0 fully saturated rings. The van der Waals surface area contributed by atoms with Gasteiger partial charge < -0.3 is 4.74 Å². The number of benzene rings is 1. The molecule has 0 unspecified atom stereocenters. The molecule has 2 nitrogen and oxygen atoms in total. The second kappa shape index (κ2) is 4.27. The average Bonchev–Trinajstić information content (AvgIpc) is 2.19. The molecule has 1 rings (SSSR count). The first-order valence-electron chi connectivity index (χ1n) is 4.83. The van der Waals surface area contributed by atoms with Crippen LogP contribution in [0.5, 0.6) is 0 Å². The third kappa shape index (κ3) is 2.87. The lowest BCUT2D eigenvalue weighted by molar-refractivity contribution is -0.00243. The second-order valence-electron chi connectivity index (χ2n) is 3.87. The monoisotopic (exact) mass is 192 g/mol. The van der Waals surface area contributed by atoms with Crippen molar-refractivity contribution in [3.05, 3.63) is 35.9 Å². The zero-order valence-electron chi connectivity index (χ0n) is 8.91. The maximum atomic E-state index is 11.6. The fourth-order valence-corrected chi connectivity index (χ4v) is 0.956. The normalized spacial score (nSPS) is 11.1.